The molecule has 6 nitrogen and oxygen atoms in total. The van der Waals surface area contributed by atoms with Crippen LogP contribution >= 0.6 is 0 Å². The first-order chi connectivity index (χ1) is 8.19. The van der Waals surface area contributed by atoms with Crippen LogP contribution in [-0.2, 0) is 11.3 Å². The van der Waals surface area contributed by atoms with E-state index in [-0.39, 0.29) is 12.5 Å². The van der Waals surface area contributed by atoms with Gasteiger partial charge < -0.3 is 11.1 Å². The molecule has 17 heavy (non-hydrogen) atoms. The lowest BCUT2D eigenvalue weighted by molar-refractivity contribution is -0.121. The fraction of sp³-hybridized carbons (Fsp3) is 0.182. The Hall–Kier alpha value is -2.37. The van der Waals surface area contributed by atoms with Crippen molar-refractivity contribution < 1.29 is 4.79 Å². The number of benzene rings is 1. The van der Waals surface area contributed by atoms with E-state index in [0.717, 1.165) is 5.56 Å². The number of nitrogen functional groups attached to an aromatic ring is 1. The minimum atomic E-state index is -0.112. The van der Waals surface area contributed by atoms with Gasteiger partial charge in [-0.05, 0) is 12.1 Å². The Labute approximate surface area is 98.4 Å². The van der Waals surface area contributed by atoms with E-state index in [2.05, 4.69) is 15.6 Å². The summed E-state index contributed by atoms with van der Waals surface area (Å²) in [7, 11) is 1.58. The van der Waals surface area contributed by atoms with Crippen LogP contribution in [0.25, 0.3) is 11.3 Å². The molecule has 0 aliphatic heterocycles. The zero-order valence-electron chi connectivity index (χ0n) is 9.42. The summed E-state index contributed by atoms with van der Waals surface area (Å²) in [6.45, 7) is 0.165. The number of likely N-dealkylation sites (N-methyl/N-ethyl adjacent to an activating group) is 1. The summed E-state index contributed by atoms with van der Waals surface area (Å²) in [6.07, 6.45) is 1.72. The average molecular weight is 231 g/mol. The van der Waals surface area contributed by atoms with Crippen LogP contribution in [-0.4, -0.2) is 27.9 Å². The highest BCUT2D eigenvalue weighted by atomic mass is 16.1. The second-order valence-corrected chi connectivity index (χ2v) is 3.60. The van der Waals surface area contributed by atoms with Gasteiger partial charge in [-0.3, -0.25) is 4.79 Å². The van der Waals surface area contributed by atoms with Crippen molar-refractivity contribution in [1.29, 1.82) is 0 Å². The summed E-state index contributed by atoms with van der Waals surface area (Å²) >= 11 is 0. The number of aromatic nitrogens is 3. The lowest BCUT2D eigenvalue weighted by Gasteiger charge is -1.98. The molecule has 0 radical (unpaired) electrons. The Morgan fingerprint density at radius 2 is 2.12 bits per heavy atom. The lowest BCUT2D eigenvalue weighted by atomic mass is 10.1. The first-order valence-electron chi connectivity index (χ1n) is 5.15. The fourth-order valence-electron chi connectivity index (χ4n) is 1.39. The van der Waals surface area contributed by atoms with E-state index in [1.54, 1.807) is 25.4 Å². The summed E-state index contributed by atoms with van der Waals surface area (Å²) < 4.78 is 1.49. The summed E-state index contributed by atoms with van der Waals surface area (Å²) in [5.41, 5.74) is 7.94. The van der Waals surface area contributed by atoms with Gasteiger partial charge in [0, 0.05) is 18.3 Å². The molecule has 0 spiro atoms. The second kappa shape index (κ2) is 4.65. The number of rotatable bonds is 3. The van der Waals surface area contributed by atoms with E-state index < -0.39 is 0 Å². The van der Waals surface area contributed by atoms with E-state index in [1.165, 1.54) is 4.68 Å². The van der Waals surface area contributed by atoms with Gasteiger partial charge in [0.05, 0.1) is 6.20 Å². The highest BCUT2D eigenvalue weighted by molar-refractivity contribution is 5.75. The number of hydrogen-bond acceptors (Lipinski definition) is 4. The number of carbonyl (C=O) groups is 1. The van der Waals surface area contributed by atoms with Gasteiger partial charge in [0.25, 0.3) is 0 Å². The van der Waals surface area contributed by atoms with Gasteiger partial charge in [-0.1, -0.05) is 17.3 Å². The summed E-state index contributed by atoms with van der Waals surface area (Å²) in [5.74, 6) is -0.112. The average Bonchev–Trinajstić information content (AvgIpc) is 2.78. The monoisotopic (exact) mass is 231 g/mol. The molecule has 2 rings (SSSR count). The number of hydrogen-bond donors (Lipinski definition) is 2. The van der Waals surface area contributed by atoms with Gasteiger partial charge in [-0.2, -0.15) is 0 Å². The summed E-state index contributed by atoms with van der Waals surface area (Å²) in [5, 5.41) is 10.4. The van der Waals surface area contributed by atoms with Crippen molar-refractivity contribution in [2.24, 2.45) is 0 Å². The van der Waals surface area contributed by atoms with Gasteiger partial charge in [0.15, 0.2) is 0 Å². The normalized spacial score (nSPS) is 10.2. The minimum Gasteiger partial charge on any atom is -0.399 e. The molecule has 0 atom stereocenters. The molecule has 0 saturated heterocycles. The van der Waals surface area contributed by atoms with Crippen LogP contribution in [0, 0.1) is 0 Å². The molecule has 1 amide bonds. The molecule has 0 bridgehead atoms. The quantitative estimate of drug-likeness (QED) is 0.742. The molecule has 0 aliphatic rings. The maximum Gasteiger partial charge on any atom is 0.241 e. The van der Waals surface area contributed by atoms with Crippen LogP contribution in [0.3, 0.4) is 0 Å². The topological polar surface area (TPSA) is 85.8 Å². The van der Waals surface area contributed by atoms with Gasteiger partial charge in [0.1, 0.15) is 12.2 Å². The molecular weight excluding hydrogens is 218 g/mol. The molecule has 0 aliphatic carbocycles. The SMILES string of the molecule is CNC(=O)Cn1cc(-c2ccc(N)cc2)nn1. The molecule has 3 N–H and O–H groups in total. The first-order valence-corrected chi connectivity index (χ1v) is 5.15. The predicted octanol–water partition coefficient (Wildman–Crippen LogP) is 0.273. The van der Waals surface area contributed by atoms with Crippen molar-refractivity contribution >= 4 is 11.6 Å². The van der Waals surface area contributed by atoms with Crippen LogP contribution < -0.4 is 11.1 Å². The van der Waals surface area contributed by atoms with E-state index in [1.807, 2.05) is 12.1 Å². The minimum absolute atomic E-state index is 0.112. The zero-order chi connectivity index (χ0) is 12.3. The first kappa shape index (κ1) is 11.1. The Morgan fingerprint density at radius 3 is 2.76 bits per heavy atom. The predicted molar refractivity (Wildman–Crippen MR) is 63.9 cm³/mol. The Bertz CT molecular complexity index is 517. The number of nitrogens with one attached hydrogen (secondary N) is 1. The smallest absolute Gasteiger partial charge is 0.241 e. The van der Waals surface area contributed by atoms with Crippen molar-refractivity contribution in [3.8, 4) is 11.3 Å². The lowest BCUT2D eigenvalue weighted by Crippen LogP contribution is -2.23. The van der Waals surface area contributed by atoms with Crippen LogP contribution in [0.1, 0.15) is 0 Å². The maximum absolute atomic E-state index is 11.2. The third-order valence-corrected chi connectivity index (χ3v) is 2.33. The van der Waals surface area contributed by atoms with Gasteiger partial charge in [-0.15, -0.1) is 5.10 Å². The molecule has 0 fully saturated rings. The number of nitrogens with two attached hydrogens (primary N) is 1. The van der Waals surface area contributed by atoms with E-state index in [9.17, 15) is 4.79 Å². The second-order valence-electron chi connectivity index (χ2n) is 3.60. The van der Waals surface area contributed by atoms with Crippen LogP contribution in [0.5, 0.6) is 0 Å². The van der Waals surface area contributed by atoms with Crippen LogP contribution in [0.4, 0.5) is 5.69 Å². The Morgan fingerprint density at radius 1 is 1.41 bits per heavy atom. The molecule has 1 aromatic heterocycles. The van der Waals surface area contributed by atoms with Gasteiger partial charge in [-0.25, -0.2) is 4.68 Å². The molecular formula is C11H13N5O. The third kappa shape index (κ3) is 2.60. The van der Waals surface area contributed by atoms with Crippen molar-refractivity contribution in [2.45, 2.75) is 6.54 Å². The van der Waals surface area contributed by atoms with Crippen molar-refractivity contribution in [1.82, 2.24) is 20.3 Å². The highest BCUT2D eigenvalue weighted by Gasteiger charge is 2.05. The third-order valence-electron chi connectivity index (χ3n) is 2.33. The van der Waals surface area contributed by atoms with Gasteiger partial charge in [0.2, 0.25) is 5.91 Å². The largest absolute Gasteiger partial charge is 0.399 e. The number of nitrogens with zero attached hydrogens (tertiary/aromatic N) is 3. The molecule has 0 unspecified atom stereocenters. The maximum atomic E-state index is 11.2. The van der Waals surface area contributed by atoms with Crippen molar-refractivity contribution in [2.75, 3.05) is 12.8 Å². The Balaban J connectivity index is 2.18. The number of anilines is 1. The van der Waals surface area contributed by atoms with Crippen molar-refractivity contribution in [3.05, 3.63) is 30.5 Å². The van der Waals surface area contributed by atoms with Crippen molar-refractivity contribution in [3.63, 3.8) is 0 Å². The van der Waals surface area contributed by atoms with Crippen LogP contribution in [0.2, 0.25) is 0 Å². The van der Waals surface area contributed by atoms with Crippen LogP contribution in [0.15, 0.2) is 30.5 Å². The molecule has 6 heteroatoms. The molecule has 2 aromatic rings. The molecule has 1 aromatic carbocycles. The fourth-order valence-corrected chi connectivity index (χ4v) is 1.39. The van der Waals surface area contributed by atoms with Gasteiger partial charge >= 0.3 is 0 Å². The molecule has 88 valence electrons. The van der Waals surface area contributed by atoms with E-state index >= 15 is 0 Å². The standard InChI is InChI=1S/C11H13N5O/c1-13-11(17)7-16-6-10(14-15-16)8-2-4-9(12)5-3-8/h2-6H,7,12H2,1H3,(H,13,17). The molecule has 1 heterocycles. The zero-order valence-corrected chi connectivity index (χ0v) is 9.42. The van der Waals surface area contributed by atoms with E-state index in [0.29, 0.717) is 11.4 Å². The summed E-state index contributed by atoms with van der Waals surface area (Å²) in [4.78, 5) is 11.2. The highest BCUT2D eigenvalue weighted by Crippen LogP contribution is 2.17. The summed E-state index contributed by atoms with van der Waals surface area (Å²) in [6, 6.07) is 7.33. The van der Waals surface area contributed by atoms with E-state index in [4.69, 9.17) is 5.73 Å². The number of carbonyl (C=O) groups excluding carboxylic acids is 1. The Kier molecular flexibility index (Phi) is 3.04. The number of amides is 1. The molecule has 0 saturated carbocycles.